The molecule has 2 heterocycles. The molecule has 0 aliphatic rings. The Morgan fingerprint density at radius 2 is 2.27 bits per heavy atom. The highest BCUT2D eigenvalue weighted by molar-refractivity contribution is 5.93. The van der Waals surface area contributed by atoms with Crippen LogP contribution in [0.5, 0.6) is 5.88 Å². The van der Waals surface area contributed by atoms with Gasteiger partial charge >= 0.3 is 5.97 Å². The zero-order valence-corrected chi connectivity index (χ0v) is 8.14. The summed E-state index contributed by atoms with van der Waals surface area (Å²) < 4.78 is 1.45. The smallest absolute Gasteiger partial charge is 0.356 e. The van der Waals surface area contributed by atoms with E-state index in [4.69, 9.17) is 5.11 Å². The van der Waals surface area contributed by atoms with Crippen molar-refractivity contribution in [3.05, 3.63) is 29.7 Å². The standard InChI is InChI=1S/C10H10N2O3/c1-2-7-11-9(10(14)15)6-4-3-5-8(13)12(6)7/h3-5,13H,2H2,1H3,(H,14,15). The minimum Gasteiger partial charge on any atom is -0.494 e. The molecule has 0 saturated carbocycles. The molecule has 15 heavy (non-hydrogen) atoms. The van der Waals surface area contributed by atoms with Gasteiger partial charge in [0.1, 0.15) is 5.82 Å². The maximum absolute atomic E-state index is 10.9. The number of carbonyl (C=O) groups is 1. The molecule has 2 rings (SSSR count). The molecule has 0 unspecified atom stereocenters. The summed E-state index contributed by atoms with van der Waals surface area (Å²) in [6, 6.07) is 4.72. The lowest BCUT2D eigenvalue weighted by atomic mass is 10.3. The van der Waals surface area contributed by atoms with Gasteiger partial charge in [0, 0.05) is 6.42 Å². The number of fused-ring (bicyclic) bond motifs is 1. The second-order valence-electron chi connectivity index (χ2n) is 3.14. The van der Waals surface area contributed by atoms with Crippen LogP contribution in [0.4, 0.5) is 0 Å². The number of nitrogens with zero attached hydrogens (tertiary/aromatic N) is 2. The Morgan fingerprint density at radius 1 is 1.53 bits per heavy atom. The second kappa shape index (κ2) is 3.27. The molecule has 0 saturated heterocycles. The fraction of sp³-hybridized carbons (Fsp3) is 0.200. The van der Waals surface area contributed by atoms with Gasteiger partial charge in [-0.15, -0.1) is 0 Å². The Bertz CT molecular complexity index is 531. The molecule has 0 aromatic carbocycles. The highest BCUT2D eigenvalue weighted by Crippen LogP contribution is 2.20. The van der Waals surface area contributed by atoms with Gasteiger partial charge in [-0.1, -0.05) is 13.0 Å². The number of aromatic nitrogens is 2. The van der Waals surface area contributed by atoms with Crippen molar-refractivity contribution >= 4 is 11.5 Å². The van der Waals surface area contributed by atoms with Crippen molar-refractivity contribution in [2.75, 3.05) is 0 Å². The van der Waals surface area contributed by atoms with Gasteiger partial charge in [0.15, 0.2) is 11.6 Å². The molecule has 2 aromatic rings. The van der Waals surface area contributed by atoms with Gasteiger partial charge in [0.25, 0.3) is 0 Å². The average molecular weight is 206 g/mol. The highest BCUT2D eigenvalue weighted by atomic mass is 16.4. The summed E-state index contributed by atoms with van der Waals surface area (Å²) in [7, 11) is 0. The van der Waals surface area contributed by atoms with E-state index in [1.54, 1.807) is 12.1 Å². The lowest BCUT2D eigenvalue weighted by Crippen LogP contribution is -1.97. The van der Waals surface area contributed by atoms with Crippen molar-refractivity contribution in [3.8, 4) is 5.88 Å². The van der Waals surface area contributed by atoms with E-state index < -0.39 is 5.97 Å². The zero-order chi connectivity index (χ0) is 11.0. The minimum atomic E-state index is -1.09. The zero-order valence-electron chi connectivity index (χ0n) is 8.14. The van der Waals surface area contributed by atoms with E-state index in [2.05, 4.69) is 4.98 Å². The molecule has 0 amide bonds. The lowest BCUT2D eigenvalue weighted by molar-refractivity contribution is 0.0693. The third-order valence-corrected chi connectivity index (χ3v) is 2.23. The van der Waals surface area contributed by atoms with Gasteiger partial charge < -0.3 is 10.2 Å². The van der Waals surface area contributed by atoms with Crippen LogP contribution in [-0.4, -0.2) is 25.6 Å². The van der Waals surface area contributed by atoms with Gasteiger partial charge in [-0.2, -0.15) is 0 Å². The molecule has 5 nitrogen and oxygen atoms in total. The first-order valence-corrected chi connectivity index (χ1v) is 4.57. The monoisotopic (exact) mass is 206 g/mol. The Kier molecular flexibility index (Phi) is 2.07. The Morgan fingerprint density at radius 3 is 2.87 bits per heavy atom. The van der Waals surface area contributed by atoms with E-state index in [1.807, 2.05) is 6.92 Å². The van der Waals surface area contributed by atoms with Crippen LogP contribution in [0, 0.1) is 0 Å². The van der Waals surface area contributed by atoms with Gasteiger partial charge in [-0.3, -0.25) is 4.40 Å². The molecule has 0 aliphatic carbocycles. The number of imidazole rings is 1. The number of aromatic hydroxyl groups is 1. The van der Waals surface area contributed by atoms with E-state index in [0.717, 1.165) is 0 Å². The molecule has 0 aliphatic heterocycles. The molecular weight excluding hydrogens is 196 g/mol. The van der Waals surface area contributed by atoms with Gasteiger partial charge in [0.2, 0.25) is 0 Å². The number of carboxylic acid groups (broad SMARTS) is 1. The second-order valence-corrected chi connectivity index (χ2v) is 3.14. The maximum atomic E-state index is 10.9. The maximum Gasteiger partial charge on any atom is 0.356 e. The molecule has 78 valence electrons. The Hall–Kier alpha value is -2.04. The fourth-order valence-electron chi connectivity index (χ4n) is 1.58. The Labute approximate surface area is 85.6 Å². The predicted molar refractivity (Wildman–Crippen MR) is 53.2 cm³/mol. The van der Waals surface area contributed by atoms with Crippen molar-refractivity contribution in [1.29, 1.82) is 0 Å². The predicted octanol–water partition coefficient (Wildman–Crippen LogP) is 1.30. The largest absolute Gasteiger partial charge is 0.494 e. The van der Waals surface area contributed by atoms with E-state index in [9.17, 15) is 9.90 Å². The summed E-state index contributed by atoms with van der Waals surface area (Å²) in [4.78, 5) is 14.9. The molecule has 0 fully saturated rings. The summed E-state index contributed by atoms with van der Waals surface area (Å²) in [6.45, 7) is 1.85. The molecule has 2 aromatic heterocycles. The quantitative estimate of drug-likeness (QED) is 0.776. The van der Waals surface area contributed by atoms with Crippen LogP contribution in [0.15, 0.2) is 18.2 Å². The molecule has 5 heteroatoms. The number of carboxylic acids is 1. The Balaban J connectivity index is 2.87. The topological polar surface area (TPSA) is 74.8 Å². The third kappa shape index (κ3) is 1.32. The molecule has 2 N–H and O–H groups in total. The van der Waals surface area contributed by atoms with Crippen LogP contribution in [0.3, 0.4) is 0 Å². The van der Waals surface area contributed by atoms with Crippen LogP contribution in [-0.2, 0) is 6.42 Å². The normalized spacial score (nSPS) is 10.7. The van der Waals surface area contributed by atoms with E-state index in [0.29, 0.717) is 17.8 Å². The first-order valence-electron chi connectivity index (χ1n) is 4.57. The first-order chi connectivity index (χ1) is 7.15. The number of hydrogen-bond donors (Lipinski definition) is 2. The van der Waals surface area contributed by atoms with E-state index >= 15 is 0 Å². The van der Waals surface area contributed by atoms with Gasteiger partial charge in [-0.05, 0) is 12.1 Å². The molecule has 0 atom stereocenters. The molecule has 0 spiro atoms. The van der Waals surface area contributed by atoms with Crippen LogP contribution < -0.4 is 0 Å². The SMILES string of the molecule is CCc1nc(C(=O)O)c2cccc(O)n12. The number of aryl methyl sites for hydroxylation is 1. The molecule has 0 bridgehead atoms. The number of hydrogen-bond acceptors (Lipinski definition) is 3. The van der Waals surface area contributed by atoms with Crippen molar-refractivity contribution in [1.82, 2.24) is 9.38 Å². The first kappa shape index (κ1) is 9.51. The van der Waals surface area contributed by atoms with Crippen molar-refractivity contribution in [3.63, 3.8) is 0 Å². The molecule has 0 radical (unpaired) electrons. The number of pyridine rings is 1. The summed E-state index contributed by atoms with van der Waals surface area (Å²) in [5, 5.41) is 18.5. The van der Waals surface area contributed by atoms with Crippen molar-refractivity contribution in [2.45, 2.75) is 13.3 Å². The summed E-state index contributed by atoms with van der Waals surface area (Å²) in [5.41, 5.74) is 0.391. The highest BCUT2D eigenvalue weighted by Gasteiger charge is 2.16. The summed E-state index contributed by atoms with van der Waals surface area (Å²) >= 11 is 0. The number of aromatic carboxylic acids is 1. The van der Waals surface area contributed by atoms with Gasteiger partial charge in [-0.25, -0.2) is 9.78 Å². The van der Waals surface area contributed by atoms with Crippen LogP contribution in [0.1, 0.15) is 23.2 Å². The van der Waals surface area contributed by atoms with Crippen LogP contribution in [0.25, 0.3) is 5.52 Å². The lowest BCUT2D eigenvalue weighted by Gasteiger charge is -2.00. The van der Waals surface area contributed by atoms with Gasteiger partial charge in [0.05, 0.1) is 5.52 Å². The molecular formula is C10H10N2O3. The summed E-state index contributed by atoms with van der Waals surface area (Å²) in [5.74, 6) is -0.539. The van der Waals surface area contributed by atoms with E-state index in [1.165, 1.54) is 10.5 Å². The van der Waals surface area contributed by atoms with Crippen molar-refractivity contribution in [2.24, 2.45) is 0 Å². The van der Waals surface area contributed by atoms with E-state index in [-0.39, 0.29) is 11.6 Å². The number of rotatable bonds is 2. The average Bonchev–Trinajstić information content (AvgIpc) is 2.58. The van der Waals surface area contributed by atoms with Crippen LogP contribution >= 0.6 is 0 Å². The van der Waals surface area contributed by atoms with Crippen molar-refractivity contribution < 1.29 is 15.0 Å². The van der Waals surface area contributed by atoms with Crippen LogP contribution in [0.2, 0.25) is 0 Å². The minimum absolute atomic E-state index is 0.00403. The third-order valence-electron chi connectivity index (χ3n) is 2.23. The summed E-state index contributed by atoms with van der Waals surface area (Å²) in [6.07, 6.45) is 0.562. The fourth-order valence-corrected chi connectivity index (χ4v) is 1.58.